The molecule has 0 N–H and O–H groups in total. The molecular weight excluding hydrogens is 707 g/mol. The van der Waals surface area contributed by atoms with E-state index in [1.165, 1.54) is 22.3 Å². The first-order valence-corrected chi connectivity index (χ1v) is 19.7. The molecule has 1 aliphatic carbocycles. The Morgan fingerprint density at radius 3 is 1.78 bits per heavy atom. The minimum Gasteiger partial charge on any atom is -0.456 e. The van der Waals surface area contributed by atoms with Crippen LogP contribution in [0.25, 0.3) is 100 Å². The highest BCUT2D eigenvalue weighted by atomic mass is 16.3. The van der Waals surface area contributed by atoms with Gasteiger partial charge in [-0.2, -0.15) is 0 Å². The van der Waals surface area contributed by atoms with Crippen molar-refractivity contribution < 1.29 is 4.42 Å². The maximum absolute atomic E-state index is 6.20. The van der Waals surface area contributed by atoms with E-state index >= 15 is 0 Å². The van der Waals surface area contributed by atoms with Gasteiger partial charge in [-0.3, -0.25) is 4.98 Å². The third kappa shape index (κ3) is 5.72. The van der Waals surface area contributed by atoms with Gasteiger partial charge in [0.25, 0.3) is 0 Å². The number of hydrogen-bond donors (Lipinski definition) is 0. The van der Waals surface area contributed by atoms with E-state index in [1.807, 2.05) is 54.9 Å². The fraction of sp³-hybridized carbons (Fsp3) is 0.0556. The van der Waals surface area contributed by atoms with E-state index in [9.17, 15) is 0 Å². The molecule has 58 heavy (non-hydrogen) atoms. The predicted octanol–water partition coefficient (Wildman–Crippen LogP) is 14.1. The van der Waals surface area contributed by atoms with Crippen molar-refractivity contribution in [3.05, 3.63) is 199 Å². The van der Waals surface area contributed by atoms with Crippen LogP contribution in [0.1, 0.15) is 25.0 Å². The number of para-hydroxylation sites is 1. The number of rotatable bonds is 6. The topological polar surface area (TPSA) is 51.8 Å². The van der Waals surface area contributed by atoms with Crippen molar-refractivity contribution in [2.24, 2.45) is 0 Å². The van der Waals surface area contributed by atoms with Crippen molar-refractivity contribution in [1.82, 2.24) is 15.0 Å². The highest BCUT2D eigenvalue weighted by Crippen LogP contribution is 2.50. The van der Waals surface area contributed by atoms with Gasteiger partial charge in [0.05, 0.1) is 11.4 Å². The zero-order chi connectivity index (χ0) is 38.8. The minimum absolute atomic E-state index is 0.0645. The summed E-state index contributed by atoms with van der Waals surface area (Å²) in [6.45, 7) is 4.66. The van der Waals surface area contributed by atoms with Crippen LogP contribution >= 0.6 is 0 Å². The Morgan fingerprint density at radius 2 is 0.966 bits per heavy atom. The summed E-state index contributed by atoms with van der Waals surface area (Å²) in [5, 5.41) is 2.15. The molecule has 0 amide bonds. The summed E-state index contributed by atoms with van der Waals surface area (Å²) in [4.78, 5) is 14.7. The van der Waals surface area contributed by atoms with E-state index in [4.69, 9.17) is 14.4 Å². The summed E-state index contributed by atoms with van der Waals surface area (Å²) in [6.07, 6.45) is 3.68. The first-order chi connectivity index (χ1) is 28.5. The number of nitrogens with zero attached hydrogens (tertiary/aromatic N) is 3. The second-order valence-corrected chi connectivity index (χ2v) is 15.7. The van der Waals surface area contributed by atoms with Gasteiger partial charge in [-0.1, -0.05) is 123 Å². The molecule has 3 aromatic heterocycles. The minimum atomic E-state index is -0.0645. The van der Waals surface area contributed by atoms with Gasteiger partial charge in [-0.05, 0) is 122 Å². The Bertz CT molecular complexity index is 3180. The normalized spacial score (nSPS) is 12.8. The van der Waals surface area contributed by atoms with Crippen molar-refractivity contribution in [3.63, 3.8) is 0 Å². The molecule has 0 saturated carbocycles. The molecule has 0 fully saturated rings. The first-order valence-electron chi connectivity index (χ1n) is 19.7. The number of aromatic nitrogens is 3. The number of fused-ring (bicyclic) bond motifs is 6. The number of benzene rings is 7. The summed E-state index contributed by atoms with van der Waals surface area (Å²) in [5.41, 5.74) is 18.5. The molecule has 4 nitrogen and oxygen atoms in total. The van der Waals surface area contributed by atoms with Crippen molar-refractivity contribution in [1.29, 1.82) is 0 Å². The van der Waals surface area contributed by atoms with Crippen LogP contribution in [0, 0.1) is 0 Å². The smallest absolute Gasteiger partial charge is 0.160 e. The van der Waals surface area contributed by atoms with E-state index < -0.39 is 0 Å². The van der Waals surface area contributed by atoms with E-state index in [-0.39, 0.29) is 5.41 Å². The Morgan fingerprint density at radius 1 is 0.379 bits per heavy atom. The summed E-state index contributed by atoms with van der Waals surface area (Å²) in [5.74, 6) is 0.676. The Balaban J connectivity index is 1.11. The summed E-state index contributed by atoms with van der Waals surface area (Å²) in [7, 11) is 0. The molecule has 7 aromatic carbocycles. The fourth-order valence-corrected chi connectivity index (χ4v) is 8.75. The van der Waals surface area contributed by atoms with Crippen molar-refractivity contribution in [3.8, 4) is 78.4 Å². The monoisotopic (exact) mass is 743 g/mol. The van der Waals surface area contributed by atoms with E-state index in [0.717, 1.165) is 83.4 Å². The third-order valence-corrected chi connectivity index (χ3v) is 11.8. The van der Waals surface area contributed by atoms with Crippen molar-refractivity contribution >= 4 is 21.9 Å². The molecule has 0 radical (unpaired) electrons. The fourth-order valence-electron chi connectivity index (χ4n) is 8.75. The van der Waals surface area contributed by atoms with Gasteiger partial charge >= 0.3 is 0 Å². The highest BCUT2D eigenvalue weighted by Gasteiger charge is 2.35. The van der Waals surface area contributed by atoms with Crippen LogP contribution < -0.4 is 0 Å². The zero-order valence-electron chi connectivity index (χ0n) is 32.1. The molecule has 0 atom stereocenters. The SMILES string of the molecule is CC1(C)c2ccccc2-c2cc(-c3cc(-c4ccc(-c5ccncc5)cc4)cc(-c4cc(-c5ccc6oc7ccccc7c6c5)nc(-c5ccccc5)n4)c3)ccc21. The summed E-state index contributed by atoms with van der Waals surface area (Å²) >= 11 is 0. The van der Waals surface area contributed by atoms with Crippen molar-refractivity contribution in [2.45, 2.75) is 19.3 Å². The molecule has 0 bridgehead atoms. The largest absolute Gasteiger partial charge is 0.456 e. The van der Waals surface area contributed by atoms with Gasteiger partial charge < -0.3 is 4.42 Å². The molecule has 11 rings (SSSR count). The average Bonchev–Trinajstić information content (AvgIpc) is 3.77. The predicted molar refractivity (Wildman–Crippen MR) is 237 cm³/mol. The van der Waals surface area contributed by atoms with Crippen LogP contribution in [-0.2, 0) is 5.41 Å². The molecule has 1 aliphatic rings. The van der Waals surface area contributed by atoms with Crippen LogP contribution in [-0.4, -0.2) is 15.0 Å². The third-order valence-electron chi connectivity index (χ3n) is 11.8. The lowest BCUT2D eigenvalue weighted by atomic mass is 9.82. The zero-order valence-corrected chi connectivity index (χ0v) is 32.1. The second-order valence-electron chi connectivity index (χ2n) is 15.7. The molecular formula is C54H37N3O. The summed E-state index contributed by atoms with van der Waals surface area (Å²) < 4.78 is 6.20. The quantitative estimate of drug-likeness (QED) is 0.170. The van der Waals surface area contributed by atoms with Gasteiger partial charge in [0.15, 0.2) is 5.82 Å². The lowest BCUT2D eigenvalue weighted by Crippen LogP contribution is -2.14. The maximum Gasteiger partial charge on any atom is 0.160 e. The van der Waals surface area contributed by atoms with Crippen LogP contribution in [0.3, 0.4) is 0 Å². The summed E-state index contributed by atoms with van der Waals surface area (Å²) in [6, 6.07) is 62.5. The van der Waals surface area contributed by atoms with Gasteiger partial charge in [-0.25, -0.2) is 9.97 Å². The molecule has 0 unspecified atom stereocenters. The van der Waals surface area contributed by atoms with Gasteiger partial charge in [0.2, 0.25) is 0 Å². The second kappa shape index (κ2) is 13.4. The van der Waals surface area contributed by atoms with Crippen molar-refractivity contribution in [2.75, 3.05) is 0 Å². The van der Waals surface area contributed by atoms with Crippen LogP contribution in [0.2, 0.25) is 0 Å². The van der Waals surface area contributed by atoms with Gasteiger partial charge in [0, 0.05) is 45.3 Å². The molecule has 274 valence electrons. The Labute approximate surface area is 337 Å². The molecule has 10 aromatic rings. The number of pyridine rings is 1. The molecule has 0 aliphatic heterocycles. The molecule has 3 heterocycles. The lowest BCUT2D eigenvalue weighted by molar-refractivity contribution is 0.660. The number of furan rings is 1. The molecule has 4 heteroatoms. The standard InChI is InChI=1S/C54H37N3O/c1-54(2)47-14-8-6-12-43(47)45-31-38(20-22-48(45)54)41-28-40(35-18-16-34(17-19-35)36-24-26-55-27-25-36)29-42(30-41)50-33-49(56-53(57-50)37-10-4-3-5-11-37)39-21-23-52-46(32-39)44-13-7-9-15-51(44)58-52/h3-33H,1-2H3. The van der Waals surface area contributed by atoms with E-state index in [0.29, 0.717) is 5.82 Å². The lowest BCUT2D eigenvalue weighted by Gasteiger charge is -2.21. The molecule has 0 saturated heterocycles. The first kappa shape index (κ1) is 33.9. The average molecular weight is 744 g/mol. The highest BCUT2D eigenvalue weighted by molar-refractivity contribution is 6.06. The van der Waals surface area contributed by atoms with Crippen LogP contribution in [0.4, 0.5) is 0 Å². The molecule has 0 spiro atoms. The van der Waals surface area contributed by atoms with Crippen LogP contribution in [0.15, 0.2) is 193 Å². The Hall–Kier alpha value is -7.43. The van der Waals surface area contributed by atoms with Gasteiger partial charge in [0.1, 0.15) is 11.2 Å². The maximum atomic E-state index is 6.20. The van der Waals surface area contributed by atoms with E-state index in [1.54, 1.807) is 0 Å². The Kier molecular flexibility index (Phi) is 7.80. The van der Waals surface area contributed by atoms with Crippen LogP contribution in [0.5, 0.6) is 0 Å². The number of hydrogen-bond acceptors (Lipinski definition) is 4. The van der Waals surface area contributed by atoms with Gasteiger partial charge in [-0.15, -0.1) is 0 Å². The van der Waals surface area contributed by atoms with E-state index in [2.05, 4.69) is 152 Å².